The highest BCUT2D eigenvalue weighted by Crippen LogP contribution is 2.34. The number of rotatable bonds is 5. The number of carbonyl (C=O) groups excluding carboxylic acids is 1. The number of aliphatic hydroxyl groups is 1. The Kier molecular flexibility index (Phi) is 3.06. The summed E-state index contributed by atoms with van der Waals surface area (Å²) in [4.78, 5) is 11.7. The summed E-state index contributed by atoms with van der Waals surface area (Å²) < 4.78 is 4.84. The van der Waals surface area contributed by atoms with Gasteiger partial charge in [0.15, 0.2) is 0 Å². The lowest BCUT2D eigenvalue weighted by molar-refractivity contribution is 0.0923. The van der Waals surface area contributed by atoms with Crippen molar-refractivity contribution in [3.05, 3.63) is 24.2 Å². The van der Waals surface area contributed by atoms with Crippen LogP contribution in [0.15, 0.2) is 23.0 Å². The van der Waals surface area contributed by atoms with E-state index in [1.165, 1.54) is 12.5 Å². The van der Waals surface area contributed by atoms with Crippen LogP contribution in [0.2, 0.25) is 0 Å². The Morgan fingerprint density at radius 1 is 1.67 bits per heavy atom. The lowest BCUT2D eigenvalue weighted by Crippen LogP contribution is -2.36. The first kappa shape index (κ1) is 10.2. The third kappa shape index (κ3) is 2.59. The van der Waals surface area contributed by atoms with Crippen molar-refractivity contribution in [2.24, 2.45) is 5.92 Å². The number of amides is 1. The Morgan fingerprint density at radius 2 is 2.47 bits per heavy atom. The van der Waals surface area contributed by atoms with E-state index >= 15 is 0 Å². The number of hydrogen-bond donors (Lipinski definition) is 2. The summed E-state index contributed by atoms with van der Waals surface area (Å²) in [6, 6.07) is 1.75. The van der Waals surface area contributed by atoms with Crippen LogP contribution in [0.25, 0.3) is 0 Å². The van der Waals surface area contributed by atoms with Crippen LogP contribution < -0.4 is 5.32 Å². The molecule has 1 heterocycles. The number of aliphatic hydroxyl groups excluding tert-OH is 1. The van der Waals surface area contributed by atoms with E-state index in [9.17, 15) is 4.79 Å². The van der Waals surface area contributed by atoms with Crippen LogP contribution >= 0.6 is 0 Å². The van der Waals surface area contributed by atoms with Crippen molar-refractivity contribution < 1.29 is 14.3 Å². The summed E-state index contributed by atoms with van der Waals surface area (Å²) in [7, 11) is 0. The van der Waals surface area contributed by atoms with Crippen molar-refractivity contribution in [2.45, 2.75) is 25.3 Å². The Hall–Kier alpha value is -1.29. The molecule has 1 fully saturated rings. The first-order valence-electron chi connectivity index (χ1n) is 5.25. The zero-order valence-corrected chi connectivity index (χ0v) is 8.48. The molecule has 0 bridgehead atoms. The highest BCUT2D eigenvalue weighted by atomic mass is 16.3. The van der Waals surface area contributed by atoms with Gasteiger partial charge in [-0.25, -0.2) is 0 Å². The van der Waals surface area contributed by atoms with Crippen molar-refractivity contribution in [3.63, 3.8) is 0 Å². The van der Waals surface area contributed by atoms with Crippen LogP contribution in [0.4, 0.5) is 0 Å². The summed E-state index contributed by atoms with van der Waals surface area (Å²) >= 11 is 0. The second-order valence-corrected chi connectivity index (χ2v) is 3.94. The molecule has 0 saturated heterocycles. The molecule has 1 unspecified atom stereocenters. The minimum absolute atomic E-state index is 0.109. The van der Waals surface area contributed by atoms with E-state index in [0.29, 0.717) is 17.9 Å². The summed E-state index contributed by atoms with van der Waals surface area (Å²) in [6.07, 6.45) is 5.84. The van der Waals surface area contributed by atoms with Crippen molar-refractivity contribution in [2.75, 3.05) is 6.61 Å². The topological polar surface area (TPSA) is 62.5 Å². The Labute approximate surface area is 88.3 Å². The van der Waals surface area contributed by atoms with E-state index in [0.717, 1.165) is 12.8 Å². The standard InChI is InChI=1S/C11H15NO3/c13-5-3-10(8-1-2-8)12-11(14)9-4-6-15-7-9/h4,6-8,10,13H,1-3,5H2,(H,12,14). The van der Waals surface area contributed by atoms with E-state index in [1.807, 2.05) is 0 Å². The van der Waals surface area contributed by atoms with Crippen LogP contribution in [0, 0.1) is 5.92 Å². The van der Waals surface area contributed by atoms with E-state index in [2.05, 4.69) is 5.32 Å². The van der Waals surface area contributed by atoms with E-state index in [-0.39, 0.29) is 18.6 Å². The Bertz CT molecular complexity index is 317. The van der Waals surface area contributed by atoms with Crippen LogP contribution in [-0.4, -0.2) is 23.7 Å². The third-order valence-electron chi connectivity index (χ3n) is 2.73. The van der Waals surface area contributed by atoms with Gasteiger partial charge in [-0.05, 0) is 31.2 Å². The monoisotopic (exact) mass is 209 g/mol. The largest absolute Gasteiger partial charge is 0.472 e. The molecule has 1 amide bonds. The molecule has 4 nitrogen and oxygen atoms in total. The Balaban J connectivity index is 1.91. The predicted octanol–water partition coefficient (Wildman–Crippen LogP) is 1.17. The van der Waals surface area contributed by atoms with Crippen molar-refractivity contribution >= 4 is 5.91 Å². The molecule has 1 saturated carbocycles. The van der Waals surface area contributed by atoms with Crippen molar-refractivity contribution in [1.82, 2.24) is 5.32 Å². The summed E-state index contributed by atoms with van der Waals surface area (Å²) in [5.41, 5.74) is 0.540. The molecule has 0 aromatic carbocycles. The van der Waals surface area contributed by atoms with Gasteiger partial charge in [-0.2, -0.15) is 0 Å². The molecule has 1 aliphatic rings. The lowest BCUT2D eigenvalue weighted by Gasteiger charge is -2.16. The Morgan fingerprint density at radius 3 is 3.00 bits per heavy atom. The number of hydrogen-bond acceptors (Lipinski definition) is 3. The van der Waals surface area contributed by atoms with Crippen LogP contribution in [0.1, 0.15) is 29.6 Å². The molecule has 0 aliphatic heterocycles. The number of carbonyl (C=O) groups is 1. The number of furan rings is 1. The first-order valence-corrected chi connectivity index (χ1v) is 5.25. The van der Waals surface area contributed by atoms with E-state index < -0.39 is 0 Å². The summed E-state index contributed by atoms with van der Waals surface area (Å²) in [5.74, 6) is 0.433. The molecule has 4 heteroatoms. The molecule has 1 aromatic rings. The average molecular weight is 209 g/mol. The normalized spacial score (nSPS) is 17.4. The second kappa shape index (κ2) is 4.49. The van der Waals surface area contributed by atoms with Gasteiger partial charge in [0.2, 0.25) is 0 Å². The molecule has 82 valence electrons. The molecule has 1 aromatic heterocycles. The first-order chi connectivity index (χ1) is 7.31. The minimum atomic E-state index is -0.117. The van der Waals surface area contributed by atoms with Gasteiger partial charge in [0.05, 0.1) is 11.8 Å². The van der Waals surface area contributed by atoms with E-state index in [1.54, 1.807) is 6.07 Å². The van der Waals surface area contributed by atoms with Gasteiger partial charge in [0.25, 0.3) is 5.91 Å². The van der Waals surface area contributed by atoms with Gasteiger partial charge in [0.1, 0.15) is 6.26 Å². The molecular formula is C11H15NO3. The maximum atomic E-state index is 11.7. The smallest absolute Gasteiger partial charge is 0.254 e. The quantitative estimate of drug-likeness (QED) is 0.765. The molecule has 0 spiro atoms. The fourth-order valence-corrected chi connectivity index (χ4v) is 1.71. The third-order valence-corrected chi connectivity index (χ3v) is 2.73. The zero-order chi connectivity index (χ0) is 10.7. The fraction of sp³-hybridized carbons (Fsp3) is 0.545. The molecule has 0 radical (unpaired) electrons. The highest BCUT2D eigenvalue weighted by molar-refractivity contribution is 5.93. The SMILES string of the molecule is O=C(NC(CCO)C1CC1)c1ccoc1. The molecule has 2 rings (SSSR count). The summed E-state index contributed by atoms with van der Waals surface area (Å²) in [5, 5.41) is 11.8. The maximum absolute atomic E-state index is 11.7. The molecule has 1 atom stereocenters. The van der Waals surface area contributed by atoms with E-state index in [4.69, 9.17) is 9.52 Å². The summed E-state index contributed by atoms with van der Waals surface area (Å²) in [6.45, 7) is 0.118. The van der Waals surface area contributed by atoms with Gasteiger partial charge >= 0.3 is 0 Å². The van der Waals surface area contributed by atoms with Crippen LogP contribution in [0.5, 0.6) is 0 Å². The molecule has 15 heavy (non-hydrogen) atoms. The highest BCUT2D eigenvalue weighted by Gasteiger charge is 2.31. The van der Waals surface area contributed by atoms with Crippen LogP contribution in [-0.2, 0) is 0 Å². The van der Waals surface area contributed by atoms with Crippen molar-refractivity contribution in [1.29, 1.82) is 0 Å². The van der Waals surface area contributed by atoms with Crippen LogP contribution in [0.3, 0.4) is 0 Å². The molecular weight excluding hydrogens is 194 g/mol. The predicted molar refractivity (Wildman–Crippen MR) is 54.4 cm³/mol. The number of nitrogens with one attached hydrogen (secondary N) is 1. The van der Waals surface area contributed by atoms with Crippen molar-refractivity contribution in [3.8, 4) is 0 Å². The maximum Gasteiger partial charge on any atom is 0.254 e. The van der Waals surface area contributed by atoms with Gasteiger partial charge in [-0.3, -0.25) is 4.79 Å². The van der Waals surface area contributed by atoms with Gasteiger partial charge < -0.3 is 14.8 Å². The molecule has 1 aliphatic carbocycles. The van der Waals surface area contributed by atoms with Gasteiger partial charge in [-0.15, -0.1) is 0 Å². The zero-order valence-electron chi connectivity index (χ0n) is 8.48. The average Bonchev–Trinajstić information content (AvgIpc) is 2.92. The lowest BCUT2D eigenvalue weighted by atomic mass is 10.1. The van der Waals surface area contributed by atoms with Gasteiger partial charge in [0, 0.05) is 12.6 Å². The van der Waals surface area contributed by atoms with Gasteiger partial charge in [-0.1, -0.05) is 0 Å². The minimum Gasteiger partial charge on any atom is -0.472 e. The molecule has 2 N–H and O–H groups in total. The fourth-order valence-electron chi connectivity index (χ4n) is 1.71. The second-order valence-electron chi connectivity index (χ2n) is 3.94.